The first-order valence-corrected chi connectivity index (χ1v) is 5.12. The first kappa shape index (κ1) is 12.5. The number of carbonyl (C=O) groups excluding carboxylic acids is 2. The predicted octanol–water partition coefficient (Wildman–Crippen LogP) is 2.28. The summed E-state index contributed by atoms with van der Waals surface area (Å²) in [7, 11) is 0. The molecular formula is C11H11ClO4. The number of hydrogen-bond donors (Lipinski definition) is 0. The average molecular weight is 243 g/mol. The molecule has 4 nitrogen and oxygen atoms in total. The van der Waals surface area contributed by atoms with E-state index in [-0.39, 0.29) is 17.4 Å². The van der Waals surface area contributed by atoms with Gasteiger partial charge in [0.15, 0.2) is 11.5 Å². The van der Waals surface area contributed by atoms with E-state index in [1.807, 2.05) is 0 Å². The number of halogens is 1. The maximum atomic E-state index is 10.9. The molecule has 0 amide bonds. The summed E-state index contributed by atoms with van der Waals surface area (Å²) in [6.45, 7) is 2.54. The highest BCUT2D eigenvalue weighted by Gasteiger charge is 2.10. The summed E-state index contributed by atoms with van der Waals surface area (Å²) in [6.07, 6.45) is 0. The van der Waals surface area contributed by atoms with Crippen LogP contribution in [0, 0.1) is 0 Å². The number of ether oxygens (including phenoxy) is 2. The van der Waals surface area contributed by atoms with Crippen molar-refractivity contribution in [2.24, 2.45) is 0 Å². The highest BCUT2D eigenvalue weighted by Crippen LogP contribution is 2.29. The van der Waals surface area contributed by atoms with Gasteiger partial charge in [-0.15, -0.1) is 11.6 Å². The zero-order valence-corrected chi connectivity index (χ0v) is 9.71. The number of carbonyl (C=O) groups is 2. The van der Waals surface area contributed by atoms with E-state index in [9.17, 15) is 9.59 Å². The predicted molar refractivity (Wildman–Crippen MR) is 58.6 cm³/mol. The Hall–Kier alpha value is -1.55. The van der Waals surface area contributed by atoms with Crippen LogP contribution in [0.25, 0.3) is 0 Å². The van der Waals surface area contributed by atoms with Gasteiger partial charge in [-0.05, 0) is 17.7 Å². The lowest BCUT2D eigenvalue weighted by Crippen LogP contribution is -2.07. The van der Waals surface area contributed by atoms with Crippen LogP contribution in [0.5, 0.6) is 11.5 Å². The average Bonchev–Trinajstić information content (AvgIpc) is 2.19. The van der Waals surface area contributed by atoms with Crippen molar-refractivity contribution in [1.82, 2.24) is 0 Å². The molecule has 0 unspecified atom stereocenters. The minimum Gasteiger partial charge on any atom is -0.423 e. The first-order chi connectivity index (χ1) is 7.52. The van der Waals surface area contributed by atoms with Gasteiger partial charge in [0, 0.05) is 19.7 Å². The van der Waals surface area contributed by atoms with Crippen LogP contribution >= 0.6 is 11.6 Å². The van der Waals surface area contributed by atoms with E-state index in [0.717, 1.165) is 5.56 Å². The van der Waals surface area contributed by atoms with Gasteiger partial charge in [-0.3, -0.25) is 9.59 Å². The van der Waals surface area contributed by atoms with Crippen LogP contribution < -0.4 is 9.47 Å². The zero-order chi connectivity index (χ0) is 12.1. The molecule has 1 aromatic carbocycles. The van der Waals surface area contributed by atoms with Crippen LogP contribution in [0.3, 0.4) is 0 Å². The van der Waals surface area contributed by atoms with Crippen LogP contribution in [0.2, 0.25) is 0 Å². The molecule has 0 radical (unpaired) electrons. The third-order valence-corrected chi connectivity index (χ3v) is 1.98. The van der Waals surface area contributed by atoms with Crippen molar-refractivity contribution < 1.29 is 19.1 Å². The van der Waals surface area contributed by atoms with Gasteiger partial charge in [0.1, 0.15) is 0 Å². The summed E-state index contributed by atoms with van der Waals surface area (Å²) in [5.74, 6) is -0.279. The largest absolute Gasteiger partial charge is 0.423 e. The molecule has 1 aromatic rings. The van der Waals surface area contributed by atoms with Gasteiger partial charge in [-0.1, -0.05) is 6.07 Å². The Morgan fingerprint density at radius 1 is 1.12 bits per heavy atom. The molecule has 0 fully saturated rings. The van der Waals surface area contributed by atoms with E-state index >= 15 is 0 Å². The van der Waals surface area contributed by atoms with E-state index in [1.54, 1.807) is 12.1 Å². The molecule has 86 valence electrons. The van der Waals surface area contributed by atoms with E-state index in [2.05, 4.69) is 0 Å². The van der Waals surface area contributed by atoms with E-state index in [4.69, 9.17) is 21.1 Å². The third kappa shape index (κ3) is 3.55. The second kappa shape index (κ2) is 5.51. The molecule has 1 rings (SSSR count). The molecule has 0 atom stereocenters. The van der Waals surface area contributed by atoms with Gasteiger partial charge < -0.3 is 9.47 Å². The molecule has 5 heteroatoms. The van der Waals surface area contributed by atoms with Crippen molar-refractivity contribution in [2.75, 3.05) is 0 Å². The second-order valence-electron chi connectivity index (χ2n) is 3.10. The Morgan fingerprint density at radius 2 is 1.69 bits per heavy atom. The lowest BCUT2D eigenvalue weighted by molar-refractivity contribution is -0.134. The normalized spacial score (nSPS) is 9.69. The number of benzene rings is 1. The minimum atomic E-state index is -0.486. The van der Waals surface area contributed by atoms with Crippen molar-refractivity contribution in [3.63, 3.8) is 0 Å². The number of hydrogen-bond acceptors (Lipinski definition) is 4. The summed E-state index contributed by atoms with van der Waals surface area (Å²) in [4.78, 5) is 21.7. The van der Waals surface area contributed by atoms with Crippen LogP contribution in [0.1, 0.15) is 19.4 Å². The Morgan fingerprint density at radius 3 is 2.19 bits per heavy atom. The number of esters is 2. The summed E-state index contributed by atoms with van der Waals surface area (Å²) in [5.41, 5.74) is 0.772. The maximum Gasteiger partial charge on any atom is 0.308 e. The standard InChI is InChI=1S/C11H11ClO4/c1-7(13)15-10-4-3-9(6-12)5-11(10)16-8(2)14/h3-5H,6H2,1-2H3. The molecule has 0 spiro atoms. The van der Waals surface area contributed by atoms with Crippen molar-refractivity contribution in [2.45, 2.75) is 19.7 Å². The van der Waals surface area contributed by atoms with Crippen LogP contribution in [-0.4, -0.2) is 11.9 Å². The van der Waals surface area contributed by atoms with E-state index in [0.29, 0.717) is 0 Å². The Balaban J connectivity index is 3.05. The Labute approximate surface area is 98.1 Å². The molecule has 0 N–H and O–H groups in total. The third-order valence-electron chi connectivity index (χ3n) is 1.67. The molecule has 0 saturated heterocycles. The summed E-state index contributed by atoms with van der Waals surface area (Å²) in [5, 5.41) is 0. The van der Waals surface area contributed by atoms with E-state index < -0.39 is 11.9 Å². The first-order valence-electron chi connectivity index (χ1n) is 4.58. The SMILES string of the molecule is CC(=O)Oc1ccc(CCl)cc1OC(C)=O. The molecule has 16 heavy (non-hydrogen) atoms. The molecule has 0 aliphatic rings. The summed E-state index contributed by atoms with van der Waals surface area (Å²) < 4.78 is 9.80. The minimum absolute atomic E-state index is 0.195. The van der Waals surface area contributed by atoms with Crippen LogP contribution in [0.4, 0.5) is 0 Å². The Kier molecular flexibility index (Phi) is 4.31. The molecule has 0 aromatic heterocycles. The number of alkyl halides is 1. The highest BCUT2D eigenvalue weighted by molar-refractivity contribution is 6.17. The smallest absolute Gasteiger partial charge is 0.308 e. The molecule has 0 bridgehead atoms. The Bertz CT molecular complexity index is 414. The van der Waals surface area contributed by atoms with Gasteiger partial charge in [0.25, 0.3) is 0 Å². The lowest BCUT2D eigenvalue weighted by Gasteiger charge is -2.09. The fourth-order valence-corrected chi connectivity index (χ4v) is 1.28. The van der Waals surface area contributed by atoms with E-state index in [1.165, 1.54) is 19.9 Å². The second-order valence-corrected chi connectivity index (χ2v) is 3.37. The summed E-state index contributed by atoms with van der Waals surface area (Å²) in [6, 6.07) is 4.79. The van der Waals surface area contributed by atoms with Crippen molar-refractivity contribution in [3.05, 3.63) is 23.8 Å². The topological polar surface area (TPSA) is 52.6 Å². The van der Waals surface area contributed by atoms with Crippen molar-refractivity contribution in [1.29, 1.82) is 0 Å². The van der Waals surface area contributed by atoms with Gasteiger partial charge in [0.2, 0.25) is 0 Å². The van der Waals surface area contributed by atoms with Gasteiger partial charge in [-0.25, -0.2) is 0 Å². The fourth-order valence-electron chi connectivity index (χ4n) is 1.11. The van der Waals surface area contributed by atoms with Crippen LogP contribution in [-0.2, 0) is 15.5 Å². The van der Waals surface area contributed by atoms with Gasteiger partial charge in [0.05, 0.1) is 0 Å². The summed E-state index contributed by atoms with van der Waals surface area (Å²) >= 11 is 5.65. The maximum absolute atomic E-state index is 10.9. The molecule has 0 saturated carbocycles. The fraction of sp³-hybridized carbons (Fsp3) is 0.273. The van der Waals surface area contributed by atoms with Crippen molar-refractivity contribution >= 4 is 23.5 Å². The highest BCUT2D eigenvalue weighted by atomic mass is 35.5. The van der Waals surface area contributed by atoms with Gasteiger partial charge in [-0.2, -0.15) is 0 Å². The molecular weight excluding hydrogens is 232 g/mol. The van der Waals surface area contributed by atoms with Crippen molar-refractivity contribution in [3.8, 4) is 11.5 Å². The quantitative estimate of drug-likeness (QED) is 0.464. The molecule has 0 aliphatic heterocycles. The zero-order valence-electron chi connectivity index (χ0n) is 8.95. The molecule has 0 heterocycles. The lowest BCUT2D eigenvalue weighted by atomic mass is 10.2. The van der Waals surface area contributed by atoms with Gasteiger partial charge >= 0.3 is 11.9 Å². The number of rotatable bonds is 3. The van der Waals surface area contributed by atoms with Crippen LogP contribution in [0.15, 0.2) is 18.2 Å². The molecule has 0 aliphatic carbocycles. The monoisotopic (exact) mass is 242 g/mol.